The highest BCUT2D eigenvalue weighted by molar-refractivity contribution is 5.79. The molecule has 1 N–H and O–H groups in total. The summed E-state index contributed by atoms with van der Waals surface area (Å²) in [6.45, 7) is 2.00. The first-order chi connectivity index (χ1) is 7.34. The van der Waals surface area contributed by atoms with E-state index in [2.05, 4.69) is 10.2 Å². The lowest BCUT2D eigenvalue weighted by atomic mass is 9.88. The fraction of sp³-hybridized carbons (Fsp3) is 0.917. The van der Waals surface area contributed by atoms with E-state index >= 15 is 0 Å². The molecule has 3 fully saturated rings. The van der Waals surface area contributed by atoms with Crippen molar-refractivity contribution in [3.05, 3.63) is 0 Å². The van der Waals surface area contributed by atoms with Gasteiger partial charge in [-0.15, -0.1) is 0 Å². The van der Waals surface area contributed by atoms with E-state index in [1.807, 2.05) is 0 Å². The number of likely N-dealkylation sites (tertiary alicyclic amines) is 1. The van der Waals surface area contributed by atoms with Crippen molar-refractivity contribution < 1.29 is 4.79 Å². The van der Waals surface area contributed by atoms with Crippen LogP contribution in [-0.4, -0.2) is 36.0 Å². The standard InChI is InChI=1S/C12H20N2O/c15-12(9-4-2-1-3-5-9)14-8-10-6-11(14)7-13-10/h9-11,13H,1-8H2/t10-,11-/m0/s1. The number of nitrogens with one attached hydrogen (secondary N) is 1. The second kappa shape index (κ2) is 3.78. The number of nitrogens with zero attached hydrogens (tertiary/aromatic N) is 1. The van der Waals surface area contributed by atoms with Crippen LogP contribution in [-0.2, 0) is 4.79 Å². The van der Waals surface area contributed by atoms with Gasteiger partial charge in [0.25, 0.3) is 0 Å². The molecule has 1 amide bonds. The number of fused-ring (bicyclic) bond motifs is 2. The second-order valence-electron chi connectivity index (χ2n) is 5.32. The van der Waals surface area contributed by atoms with Crippen molar-refractivity contribution in [3.8, 4) is 0 Å². The fourth-order valence-electron chi connectivity index (χ4n) is 3.41. The van der Waals surface area contributed by atoms with Gasteiger partial charge in [0.2, 0.25) is 5.91 Å². The first-order valence-corrected chi connectivity index (χ1v) is 6.38. The summed E-state index contributed by atoms with van der Waals surface area (Å²) in [7, 11) is 0. The number of carbonyl (C=O) groups is 1. The molecule has 2 bridgehead atoms. The lowest BCUT2D eigenvalue weighted by Crippen LogP contribution is -2.48. The van der Waals surface area contributed by atoms with E-state index in [1.165, 1.54) is 25.7 Å². The molecule has 1 saturated carbocycles. The van der Waals surface area contributed by atoms with Gasteiger partial charge in [-0.05, 0) is 19.3 Å². The third kappa shape index (κ3) is 1.67. The van der Waals surface area contributed by atoms with Crippen molar-refractivity contribution in [1.29, 1.82) is 0 Å². The second-order valence-corrected chi connectivity index (χ2v) is 5.32. The Morgan fingerprint density at radius 3 is 2.60 bits per heavy atom. The van der Waals surface area contributed by atoms with Crippen LogP contribution in [0.1, 0.15) is 38.5 Å². The van der Waals surface area contributed by atoms with Gasteiger partial charge < -0.3 is 10.2 Å². The third-order valence-corrected chi connectivity index (χ3v) is 4.29. The average molecular weight is 208 g/mol. The zero-order valence-electron chi connectivity index (χ0n) is 9.24. The number of rotatable bonds is 1. The highest BCUT2D eigenvalue weighted by Gasteiger charge is 2.41. The summed E-state index contributed by atoms with van der Waals surface area (Å²) >= 11 is 0. The Morgan fingerprint density at radius 2 is 2.00 bits per heavy atom. The molecule has 15 heavy (non-hydrogen) atoms. The number of carbonyl (C=O) groups excluding carboxylic acids is 1. The number of hydrogen-bond donors (Lipinski definition) is 1. The topological polar surface area (TPSA) is 32.3 Å². The molecule has 2 aliphatic heterocycles. The van der Waals surface area contributed by atoms with E-state index in [0.29, 0.717) is 23.9 Å². The summed E-state index contributed by atoms with van der Waals surface area (Å²) in [5.41, 5.74) is 0. The lowest BCUT2D eigenvalue weighted by molar-refractivity contribution is -0.137. The normalized spacial score (nSPS) is 36.1. The van der Waals surface area contributed by atoms with Crippen LogP contribution in [0.3, 0.4) is 0 Å². The summed E-state index contributed by atoms with van der Waals surface area (Å²) in [4.78, 5) is 14.5. The minimum atomic E-state index is 0.359. The Bertz CT molecular complexity index is 260. The molecule has 2 heterocycles. The van der Waals surface area contributed by atoms with Crippen LogP contribution >= 0.6 is 0 Å². The monoisotopic (exact) mass is 208 g/mol. The van der Waals surface area contributed by atoms with Crippen LogP contribution in [0.4, 0.5) is 0 Å². The Morgan fingerprint density at radius 1 is 1.20 bits per heavy atom. The van der Waals surface area contributed by atoms with E-state index < -0.39 is 0 Å². The van der Waals surface area contributed by atoms with Crippen LogP contribution in [0, 0.1) is 5.92 Å². The number of hydrogen-bond acceptors (Lipinski definition) is 2. The van der Waals surface area contributed by atoms with Gasteiger partial charge in [-0.1, -0.05) is 19.3 Å². The van der Waals surface area contributed by atoms with E-state index in [-0.39, 0.29) is 0 Å². The number of amides is 1. The summed E-state index contributed by atoms with van der Waals surface area (Å²) in [6.07, 6.45) is 7.32. The van der Waals surface area contributed by atoms with Gasteiger partial charge in [0.15, 0.2) is 0 Å². The average Bonchev–Trinajstić information content (AvgIpc) is 2.91. The molecule has 0 aromatic carbocycles. The highest BCUT2D eigenvalue weighted by Crippen LogP contribution is 2.30. The predicted octanol–water partition coefficient (Wildman–Crippen LogP) is 1.14. The first-order valence-electron chi connectivity index (χ1n) is 6.38. The van der Waals surface area contributed by atoms with Crippen molar-refractivity contribution in [2.24, 2.45) is 5.92 Å². The maximum Gasteiger partial charge on any atom is 0.226 e. The first kappa shape index (κ1) is 9.64. The molecular weight excluding hydrogens is 188 g/mol. The number of piperazine rings is 1. The van der Waals surface area contributed by atoms with Crippen LogP contribution < -0.4 is 5.32 Å². The molecule has 0 aromatic rings. The van der Waals surface area contributed by atoms with Crippen molar-refractivity contribution in [2.45, 2.75) is 50.6 Å². The van der Waals surface area contributed by atoms with Gasteiger partial charge in [-0.25, -0.2) is 0 Å². The van der Waals surface area contributed by atoms with Gasteiger partial charge >= 0.3 is 0 Å². The quantitative estimate of drug-likeness (QED) is 0.701. The molecule has 2 atom stereocenters. The smallest absolute Gasteiger partial charge is 0.226 e. The Balaban J connectivity index is 1.64. The summed E-state index contributed by atoms with van der Waals surface area (Å²) in [5, 5.41) is 3.45. The molecule has 84 valence electrons. The van der Waals surface area contributed by atoms with Crippen LogP contribution in [0.5, 0.6) is 0 Å². The van der Waals surface area contributed by atoms with E-state index in [4.69, 9.17) is 0 Å². The minimum absolute atomic E-state index is 0.359. The van der Waals surface area contributed by atoms with Crippen LogP contribution in [0.25, 0.3) is 0 Å². The van der Waals surface area contributed by atoms with Gasteiger partial charge in [0.1, 0.15) is 0 Å². The van der Waals surface area contributed by atoms with Crippen molar-refractivity contribution in [1.82, 2.24) is 10.2 Å². The van der Waals surface area contributed by atoms with Gasteiger partial charge in [-0.3, -0.25) is 4.79 Å². The molecule has 3 nitrogen and oxygen atoms in total. The summed E-state index contributed by atoms with van der Waals surface area (Å²) < 4.78 is 0. The van der Waals surface area contributed by atoms with Crippen LogP contribution in [0.15, 0.2) is 0 Å². The highest BCUT2D eigenvalue weighted by atomic mass is 16.2. The largest absolute Gasteiger partial charge is 0.337 e. The van der Waals surface area contributed by atoms with Gasteiger partial charge in [0.05, 0.1) is 0 Å². The van der Waals surface area contributed by atoms with Gasteiger partial charge in [-0.2, -0.15) is 0 Å². The fourth-order valence-corrected chi connectivity index (χ4v) is 3.41. The Hall–Kier alpha value is -0.570. The summed E-state index contributed by atoms with van der Waals surface area (Å²) in [5.74, 6) is 0.821. The zero-order valence-corrected chi connectivity index (χ0v) is 9.24. The lowest BCUT2D eigenvalue weighted by Gasteiger charge is -2.32. The molecular formula is C12H20N2O. The molecule has 3 aliphatic rings. The molecule has 3 heteroatoms. The Kier molecular flexibility index (Phi) is 2.43. The van der Waals surface area contributed by atoms with Crippen molar-refractivity contribution in [2.75, 3.05) is 13.1 Å². The minimum Gasteiger partial charge on any atom is -0.337 e. The maximum atomic E-state index is 12.3. The molecule has 0 unspecified atom stereocenters. The Labute approximate surface area is 91.2 Å². The third-order valence-electron chi connectivity index (χ3n) is 4.29. The molecule has 0 spiro atoms. The maximum absolute atomic E-state index is 12.3. The van der Waals surface area contributed by atoms with Crippen LogP contribution in [0.2, 0.25) is 0 Å². The molecule has 3 rings (SSSR count). The SMILES string of the molecule is O=C(C1CCCCC1)N1C[C@@H]2C[C@H]1CN2. The summed E-state index contributed by atoms with van der Waals surface area (Å²) in [6, 6.07) is 1.12. The predicted molar refractivity (Wildman–Crippen MR) is 58.5 cm³/mol. The van der Waals surface area contributed by atoms with E-state index in [1.54, 1.807) is 0 Å². The van der Waals surface area contributed by atoms with Gasteiger partial charge in [0, 0.05) is 31.1 Å². The van der Waals surface area contributed by atoms with Crippen molar-refractivity contribution in [3.63, 3.8) is 0 Å². The molecule has 0 radical (unpaired) electrons. The van der Waals surface area contributed by atoms with Crippen molar-refractivity contribution >= 4 is 5.91 Å². The molecule has 0 aromatic heterocycles. The van der Waals surface area contributed by atoms with E-state index in [0.717, 1.165) is 25.9 Å². The molecule has 2 saturated heterocycles. The zero-order chi connectivity index (χ0) is 10.3. The molecule has 1 aliphatic carbocycles. The van der Waals surface area contributed by atoms with E-state index in [9.17, 15) is 4.79 Å².